The van der Waals surface area contributed by atoms with Crippen LogP contribution in [0.3, 0.4) is 0 Å². The minimum atomic E-state index is 0.578. The predicted molar refractivity (Wildman–Crippen MR) is 41.9 cm³/mol. The Labute approximate surface area is 75.0 Å². The average Bonchev–Trinajstić information content (AvgIpc) is 1.95. The van der Waals surface area contributed by atoms with Crippen LogP contribution < -0.4 is 21.2 Å². The van der Waals surface area contributed by atoms with E-state index in [4.69, 9.17) is 0 Å². The van der Waals surface area contributed by atoms with Crippen molar-refractivity contribution in [1.29, 1.82) is 0 Å². The molecular formula is C9H18I-. The van der Waals surface area contributed by atoms with Crippen LogP contribution in [0.2, 0.25) is 0 Å². The number of hydrogen-bond donors (Lipinski definition) is 0. The quantitative estimate of drug-likeness (QED) is 0.438. The molecule has 3 atom stereocenters. The van der Waals surface area contributed by atoms with Crippen molar-refractivity contribution in [3.05, 3.63) is 0 Å². The first kappa shape index (κ1) is 8.82. The van der Waals surface area contributed by atoms with Crippen molar-refractivity contribution in [2.45, 2.75) is 37.5 Å². The van der Waals surface area contributed by atoms with E-state index in [1.54, 1.807) is 4.43 Å². The van der Waals surface area contributed by atoms with E-state index in [9.17, 15) is 0 Å². The second kappa shape index (κ2) is 3.93. The minimum absolute atomic E-state index is 0.578. The molecule has 62 valence electrons. The molecule has 0 bridgehead atoms. The summed E-state index contributed by atoms with van der Waals surface area (Å²) in [5.41, 5.74) is 0. The van der Waals surface area contributed by atoms with E-state index in [2.05, 4.69) is 20.8 Å². The van der Waals surface area contributed by atoms with Crippen LogP contribution in [0.1, 0.15) is 33.6 Å². The van der Waals surface area contributed by atoms with Gasteiger partial charge in [0.25, 0.3) is 0 Å². The van der Waals surface area contributed by atoms with E-state index < -0.39 is 0 Å². The summed E-state index contributed by atoms with van der Waals surface area (Å²) in [7, 11) is 0. The molecule has 1 heteroatoms. The van der Waals surface area contributed by atoms with E-state index in [0.717, 1.165) is 15.8 Å². The SMILES string of the molecule is CCC1CC[I-][C@H](C)[C@@H]1C. The van der Waals surface area contributed by atoms with Crippen LogP contribution in [0.5, 0.6) is 0 Å². The third-order valence-corrected chi connectivity index (χ3v) is 6.59. The summed E-state index contributed by atoms with van der Waals surface area (Å²) >= 11 is 0.578. The van der Waals surface area contributed by atoms with Gasteiger partial charge in [0.2, 0.25) is 0 Å². The molecule has 1 heterocycles. The first-order valence-electron chi connectivity index (χ1n) is 4.33. The molecule has 0 saturated carbocycles. The number of rotatable bonds is 1. The van der Waals surface area contributed by atoms with Crippen LogP contribution in [-0.4, -0.2) is 8.35 Å². The maximum atomic E-state index is 2.46. The molecule has 10 heavy (non-hydrogen) atoms. The molecule has 0 amide bonds. The number of hydrogen-bond acceptors (Lipinski definition) is 0. The van der Waals surface area contributed by atoms with Gasteiger partial charge in [-0.2, -0.15) is 0 Å². The van der Waals surface area contributed by atoms with Gasteiger partial charge in [-0.25, -0.2) is 0 Å². The molecule has 0 nitrogen and oxygen atoms in total. The van der Waals surface area contributed by atoms with Gasteiger partial charge in [0.05, 0.1) is 0 Å². The summed E-state index contributed by atoms with van der Waals surface area (Å²) in [6.45, 7) is 7.26. The second-order valence-corrected chi connectivity index (χ2v) is 7.26. The first-order chi connectivity index (χ1) is 4.75. The normalized spacial score (nSPS) is 42.5. The molecule has 1 aliphatic heterocycles. The number of halogens is 1. The molecule has 0 aliphatic carbocycles. The molecule has 0 radical (unpaired) electrons. The van der Waals surface area contributed by atoms with Gasteiger partial charge in [0, 0.05) is 0 Å². The Morgan fingerprint density at radius 3 is 2.60 bits per heavy atom. The van der Waals surface area contributed by atoms with Gasteiger partial charge in [-0.1, -0.05) is 0 Å². The fourth-order valence-corrected chi connectivity index (χ4v) is 5.26. The third kappa shape index (κ3) is 1.86. The Bertz CT molecular complexity index is 101. The Morgan fingerprint density at radius 2 is 2.10 bits per heavy atom. The molecule has 0 aromatic rings. The molecule has 0 spiro atoms. The fraction of sp³-hybridized carbons (Fsp3) is 1.00. The topological polar surface area (TPSA) is 0 Å². The zero-order valence-electron chi connectivity index (χ0n) is 7.23. The van der Waals surface area contributed by atoms with Crippen molar-refractivity contribution in [1.82, 2.24) is 0 Å². The van der Waals surface area contributed by atoms with E-state index in [0.29, 0.717) is 21.2 Å². The standard InChI is InChI=1S/C9H18I/c1-4-9-5-6-10-8(3)7(9)2/h7-9H,4-6H2,1-3H3/q-1/t7-,8+,9?/m0/s1. The van der Waals surface area contributed by atoms with E-state index in [1.165, 1.54) is 12.8 Å². The summed E-state index contributed by atoms with van der Waals surface area (Å²) in [6, 6.07) is 0. The Kier molecular flexibility index (Phi) is 3.47. The van der Waals surface area contributed by atoms with Gasteiger partial charge in [-0.15, -0.1) is 0 Å². The summed E-state index contributed by atoms with van der Waals surface area (Å²) in [6.07, 6.45) is 2.95. The van der Waals surface area contributed by atoms with Crippen LogP contribution >= 0.6 is 0 Å². The average molecular weight is 253 g/mol. The number of alkyl halides is 2. The van der Waals surface area contributed by atoms with Crippen molar-refractivity contribution < 1.29 is 21.2 Å². The zero-order chi connectivity index (χ0) is 7.56. The Morgan fingerprint density at radius 1 is 1.40 bits per heavy atom. The maximum absolute atomic E-state index is 2.46. The summed E-state index contributed by atoms with van der Waals surface area (Å²) in [4.78, 5) is 0. The van der Waals surface area contributed by atoms with Crippen molar-refractivity contribution in [3.8, 4) is 0 Å². The summed E-state index contributed by atoms with van der Waals surface area (Å²) < 4.78 is 2.68. The summed E-state index contributed by atoms with van der Waals surface area (Å²) in [5, 5.41) is 0. The fourth-order valence-electron chi connectivity index (χ4n) is 1.73. The van der Waals surface area contributed by atoms with Crippen molar-refractivity contribution in [2.75, 3.05) is 4.43 Å². The molecule has 0 aromatic heterocycles. The van der Waals surface area contributed by atoms with Crippen LogP contribution in [-0.2, 0) is 0 Å². The van der Waals surface area contributed by atoms with Crippen LogP contribution in [0.25, 0.3) is 0 Å². The van der Waals surface area contributed by atoms with Crippen molar-refractivity contribution in [3.63, 3.8) is 0 Å². The monoisotopic (exact) mass is 253 g/mol. The molecular weight excluding hydrogens is 235 g/mol. The van der Waals surface area contributed by atoms with E-state index >= 15 is 0 Å². The Hall–Kier alpha value is 0.730. The van der Waals surface area contributed by atoms with Gasteiger partial charge >= 0.3 is 75.0 Å². The predicted octanol–water partition coefficient (Wildman–Crippen LogP) is -0.470. The Balaban J connectivity index is 2.42. The van der Waals surface area contributed by atoms with Gasteiger partial charge < -0.3 is 0 Å². The van der Waals surface area contributed by atoms with E-state index in [-0.39, 0.29) is 0 Å². The molecule has 0 N–H and O–H groups in total. The van der Waals surface area contributed by atoms with E-state index in [1.807, 2.05) is 0 Å². The molecule has 1 fully saturated rings. The van der Waals surface area contributed by atoms with Gasteiger partial charge in [0.15, 0.2) is 0 Å². The second-order valence-electron chi connectivity index (χ2n) is 3.34. The third-order valence-electron chi connectivity index (χ3n) is 2.82. The molecule has 1 rings (SSSR count). The van der Waals surface area contributed by atoms with Crippen LogP contribution in [0.4, 0.5) is 0 Å². The van der Waals surface area contributed by atoms with Gasteiger partial charge in [-0.3, -0.25) is 0 Å². The summed E-state index contributed by atoms with van der Waals surface area (Å²) in [5.74, 6) is 2.09. The molecule has 1 aliphatic rings. The van der Waals surface area contributed by atoms with Gasteiger partial charge in [0.1, 0.15) is 0 Å². The molecule has 1 saturated heterocycles. The zero-order valence-corrected chi connectivity index (χ0v) is 9.39. The van der Waals surface area contributed by atoms with Crippen molar-refractivity contribution >= 4 is 0 Å². The first-order valence-corrected chi connectivity index (χ1v) is 7.10. The molecule has 1 unspecified atom stereocenters. The van der Waals surface area contributed by atoms with Crippen LogP contribution in [0.15, 0.2) is 0 Å². The van der Waals surface area contributed by atoms with Gasteiger partial charge in [-0.05, 0) is 0 Å². The molecule has 0 aromatic carbocycles. The van der Waals surface area contributed by atoms with Crippen LogP contribution in [0, 0.1) is 11.8 Å². The van der Waals surface area contributed by atoms with Crippen molar-refractivity contribution in [2.24, 2.45) is 11.8 Å².